The Kier molecular flexibility index (Phi) is 4.21. The van der Waals surface area contributed by atoms with Gasteiger partial charge < -0.3 is 10.1 Å². The summed E-state index contributed by atoms with van der Waals surface area (Å²) in [5.74, 6) is 1.90. The van der Waals surface area contributed by atoms with Crippen LogP contribution in [0.4, 0.5) is 11.5 Å². The number of fused-ring (bicyclic) bond motifs is 1. The average Bonchev–Trinajstić information content (AvgIpc) is 3.08. The highest BCUT2D eigenvalue weighted by Gasteiger charge is 2.12. The number of nitrogens with zero attached hydrogens (tertiary/aromatic N) is 5. The van der Waals surface area contributed by atoms with E-state index in [0.29, 0.717) is 17.4 Å². The molecule has 0 amide bonds. The molecule has 0 bridgehead atoms. The van der Waals surface area contributed by atoms with Crippen LogP contribution in [0.3, 0.4) is 0 Å². The smallest absolute Gasteiger partial charge is 0.308 e. The molecule has 8 nitrogen and oxygen atoms in total. The first-order chi connectivity index (χ1) is 13.1. The van der Waals surface area contributed by atoms with Crippen LogP contribution in [0.15, 0.2) is 54.9 Å². The molecule has 134 valence electrons. The van der Waals surface area contributed by atoms with Gasteiger partial charge in [0.05, 0.1) is 0 Å². The summed E-state index contributed by atoms with van der Waals surface area (Å²) in [4.78, 5) is 24.1. The van der Waals surface area contributed by atoms with Gasteiger partial charge in [0, 0.05) is 42.3 Å². The topological polar surface area (TPSA) is 94.3 Å². The molecular formula is C19H16N6O2. The Balaban J connectivity index is 1.69. The second-order valence-electron chi connectivity index (χ2n) is 5.91. The van der Waals surface area contributed by atoms with Gasteiger partial charge in [0.1, 0.15) is 11.6 Å². The number of hydrogen-bond donors (Lipinski definition) is 1. The van der Waals surface area contributed by atoms with Crippen LogP contribution in [0.1, 0.15) is 12.6 Å². The van der Waals surface area contributed by atoms with Crippen molar-refractivity contribution in [1.29, 1.82) is 0 Å². The van der Waals surface area contributed by atoms with Crippen molar-refractivity contribution >= 4 is 23.3 Å². The Hall–Kier alpha value is -3.81. The first-order valence-corrected chi connectivity index (χ1v) is 8.29. The Labute approximate surface area is 154 Å². The summed E-state index contributed by atoms with van der Waals surface area (Å²) in [5.41, 5.74) is 2.44. The fraction of sp³-hybridized carbons (Fsp3) is 0.105. The first-order valence-electron chi connectivity index (χ1n) is 8.29. The number of hydrogen-bond acceptors (Lipinski definition) is 7. The molecule has 8 heteroatoms. The Morgan fingerprint density at radius 2 is 1.96 bits per heavy atom. The van der Waals surface area contributed by atoms with Gasteiger partial charge in [-0.3, -0.25) is 9.78 Å². The van der Waals surface area contributed by atoms with E-state index in [9.17, 15) is 4.79 Å². The standard InChI is InChI=1S/C19H16N6O2/c1-12-10-17(22-15-5-7-16(8-6-15)27-13(2)26)25-19(21-12)23-18(24-25)14-4-3-9-20-11-14/h3-11,22H,1-2H3. The number of esters is 1. The minimum absolute atomic E-state index is 0.354. The van der Waals surface area contributed by atoms with E-state index in [-0.39, 0.29) is 5.97 Å². The van der Waals surface area contributed by atoms with Crippen LogP contribution in [-0.4, -0.2) is 30.5 Å². The number of ether oxygens (including phenoxy) is 1. The van der Waals surface area contributed by atoms with E-state index in [1.54, 1.807) is 29.0 Å². The third kappa shape index (κ3) is 3.59. The molecule has 3 heterocycles. The number of carbonyl (C=O) groups is 1. The highest BCUT2D eigenvalue weighted by Crippen LogP contribution is 2.22. The maximum Gasteiger partial charge on any atom is 0.308 e. The number of rotatable bonds is 4. The SMILES string of the molecule is CC(=O)Oc1ccc(Nc2cc(C)nc3nc(-c4cccnc4)nn23)cc1. The van der Waals surface area contributed by atoms with Crippen molar-refractivity contribution < 1.29 is 9.53 Å². The average molecular weight is 360 g/mol. The van der Waals surface area contributed by atoms with Crippen molar-refractivity contribution in [2.24, 2.45) is 0 Å². The van der Waals surface area contributed by atoms with E-state index in [1.165, 1.54) is 6.92 Å². The minimum Gasteiger partial charge on any atom is -0.427 e. The largest absolute Gasteiger partial charge is 0.427 e. The van der Waals surface area contributed by atoms with Crippen molar-refractivity contribution in [1.82, 2.24) is 24.6 Å². The molecule has 4 aromatic rings. The van der Waals surface area contributed by atoms with Crippen LogP contribution in [0, 0.1) is 6.92 Å². The summed E-state index contributed by atoms with van der Waals surface area (Å²) < 4.78 is 6.70. The van der Waals surface area contributed by atoms with Gasteiger partial charge in [0.2, 0.25) is 0 Å². The number of pyridine rings is 1. The monoisotopic (exact) mass is 360 g/mol. The van der Waals surface area contributed by atoms with Gasteiger partial charge >= 0.3 is 5.97 Å². The molecule has 4 rings (SSSR count). The third-order valence-electron chi connectivity index (χ3n) is 3.75. The molecular weight excluding hydrogens is 344 g/mol. The van der Waals surface area contributed by atoms with Gasteiger partial charge in [-0.15, -0.1) is 5.10 Å². The van der Waals surface area contributed by atoms with Gasteiger partial charge in [-0.2, -0.15) is 9.50 Å². The van der Waals surface area contributed by atoms with Gasteiger partial charge in [0.15, 0.2) is 5.82 Å². The molecule has 0 saturated heterocycles. The molecule has 0 atom stereocenters. The number of anilines is 2. The summed E-state index contributed by atoms with van der Waals surface area (Å²) in [6.07, 6.45) is 3.41. The van der Waals surface area contributed by atoms with Crippen LogP contribution in [0.2, 0.25) is 0 Å². The zero-order valence-electron chi connectivity index (χ0n) is 14.7. The van der Waals surface area contributed by atoms with Crippen LogP contribution in [0.5, 0.6) is 5.75 Å². The van der Waals surface area contributed by atoms with Crippen molar-refractivity contribution in [3.05, 3.63) is 60.6 Å². The summed E-state index contributed by atoms with van der Waals surface area (Å²) in [5, 5.41) is 7.85. The molecule has 0 aliphatic carbocycles. The van der Waals surface area contributed by atoms with Gasteiger partial charge in [0.25, 0.3) is 5.78 Å². The second-order valence-corrected chi connectivity index (χ2v) is 5.91. The molecule has 0 radical (unpaired) electrons. The lowest BCUT2D eigenvalue weighted by Crippen LogP contribution is -2.03. The number of benzene rings is 1. The molecule has 0 aliphatic heterocycles. The van der Waals surface area contributed by atoms with Crippen molar-refractivity contribution in [3.8, 4) is 17.1 Å². The van der Waals surface area contributed by atoms with Crippen molar-refractivity contribution in [3.63, 3.8) is 0 Å². The lowest BCUT2D eigenvalue weighted by molar-refractivity contribution is -0.131. The highest BCUT2D eigenvalue weighted by molar-refractivity contribution is 5.70. The number of aryl methyl sites for hydroxylation is 1. The molecule has 0 spiro atoms. The second kappa shape index (κ2) is 6.83. The molecule has 3 aromatic heterocycles. The third-order valence-corrected chi connectivity index (χ3v) is 3.75. The van der Waals surface area contributed by atoms with Gasteiger partial charge in [-0.25, -0.2) is 4.98 Å². The number of nitrogens with one attached hydrogen (secondary N) is 1. The number of aromatic nitrogens is 5. The van der Waals surface area contributed by atoms with E-state index in [0.717, 1.165) is 22.8 Å². The summed E-state index contributed by atoms with van der Waals surface area (Å²) in [7, 11) is 0. The van der Waals surface area contributed by atoms with Crippen LogP contribution < -0.4 is 10.1 Å². The van der Waals surface area contributed by atoms with Crippen LogP contribution in [-0.2, 0) is 4.79 Å². The Morgan fingerprint density at radius 1 is 1.15 bits per heavy atom. The summed E-state index contributed by atoms with van der Waals surface area (Å²) >= 11 is 0. The fourth-order valence-corrected chi connectivity index (χ4v) is 2.61. The lowest BCUT2D eigenvalue weighted by atomic mass is 10.3. The fourth-order valence-electron chi connectivity index (χ4n) is 2.61. The molecule has 0 unspecified atom stereocenters. The molecule has 0 fully saturated rings. The lowest BCUT2D eigenvalue weighted by Gasteiger charge is -2.09. The maximum absolute atomic E-state index is 11.0. The first kappa shape index (κ1) is 16.6. The zero-order chi connectivity index (χ0) is 18.8. The molecule has 1 aromatic carbocycles. The van der Waals surface area contributed by atoms with Crippen LogP contribution in [0.25, 0.3) is 17.2 Å². The summed E-state index contributed by atoms with van der Waals surface area (Å²) in [6.45, 7) is 3.26. The van der Waals surface area contributed by atoms with E-state index in [4.69, 9.17) is 4.74 Å². The van der Waals surface area contributed by atoms with Crippen LogP contribution >= 0.6 is 0 Å². The normalized spacial score (nSPS) is 10.7. The highest BCUT2D eigenvalue weighted by atomic mass is 16.5. The predicted octanol–water partition coefficient (Wildman–Crippen LogP) is 3.16. The van der Waals surface area contributed by atoms with E-state index in [1.807, 2.05) is 37.3 Å². The van der Waals surface area contributed by atoms with E-state index < -0.39 is 0 Å². The molecule has 27 heavy (non-hydrogen) atoms. The van der Waals surface area contributed by atoms with E-state index in [2.05, 4.69) is 25.4 Å². The van der Waals surface area contributed by atoms with Gasteiger partial charge in [-0.1, -0.05) is 0 Å². The maximum atomic E-state index is 11.0. The van der Waals surface area contributed by atoms with Gasteiger partial charge in [-0.05, 0) is 43.3 Å². The van der Waals surface area contributed by atoms with Crippen molar-refractivity contribution in [2.75, 3.05) is 5.32 Å². The predicted molar refractivity (Wildman–Crippen MR) is 99.8 cm³/mol. The molecule has 0 saturated carbocycles. The number of carbonyl (C=O) groups excluding carboxylic acids is 1. The van der Waals surface area contributed by atoms with Crippen molar-refractivity contribution in [2.45, 2.75) is 13.8 Å². The Bertz CT molecular complexity index is 1110. The van der Waals surface area contributed by atoms with E-state index >= 15 is 0 Å². The minimum atomic E-state index is -0.354. The quantitative estimate of drug-likeness (QED) is 0.441. The molecule has 1 N–H and O–H groups in total. The zero-order valence-corrected chi connectivity index (χ0v) is 14.7. The Morgan fingerprint density at radius 3 is 2.67 bits per heavy atom. The summed E-state index contributed by atoms with van der Waals surface area (Å²) in [6, 6.07) is 12.7. The molecule has 0 aliphatic rings.